The molecule has 0 saturated heterocycles. The van der Waals surface area contributed by atoms with Crippen molar-refractivity contribution >= 4 is 53.4 Å². The molecule has 0 aliphatic rings. The summed E-state index contributed by atoms with van der Waals surface area (Å²) in [5.74, 6) is -3.48. The van der Waals surface area contributed by atoms with Gasteiger partial charge in [0.25, 0.3) is 0 Å². The van der Waals surface area contributed by atoms with E-state index in [1.807, 2.05) is 13.8 Å². The quantitative estimate of drug-likeness (QED) is 0.100. The fourth-order valence-electron chi connectivity index (χ4n) is 2.68. The predicted octanol–water partition coefficient (Wildman–Crippen LogP) is 2.94. The van der Waals surface area contributed by atoms with Gasteiger partial charge in [-0.3, -0.25) is 0 Å². The number of thioether (sulfide) groups is 2. The van der Waals surface area contributed by atoms with Crippen LogP contribution in [0.3, 0.4) is 0 Å². The molecule has 0 fully saturated rings. The van der Waals surface area contributed by atoms with Gasteiger partial charge in [-0.2, -0.15) is 0 Å². The second-order valence-corrected chi connectivity index (χ2v) is 9.75. The molecule has 204 valence electrons. The van der Waals surface area contributed by atoms with Crippen LogP contribution in [0.2, 0.25) is 0 Å². The van der Waals surface area contributed by atoms with Crippen LogP contribution in [0.5, 0.6) is 0 Å². The third-order valence-electron chi connectivity index (χ3n) is 4.19. The molecule has 0 saturated carbocycles. The van der Waals surface area contributed by atoms with Crippen molar-refractivity contribution in [3.8, 4) is 0 Å². The molecule has 0 aromatic carbocycles. The Morgan fingerprint density at radius 3 is 1.38 bits per heavy atom. The molecule has 0 N–H and O–H groups in total. The molecule has 0 aromatic rings. The Labute approximate surface area is 225 Å². The highest BCUT2D eigenvalue weighted by atomic mass is 32.2. The topological polar surface area (TPSA) is 132 Å². The highest BCUT2D eigenvalue weighted by molar-refractivity contribution is 8.17. The molecule has 10 nitrogen and oxygen atoms in total. The van der Waals surface area contributed by atoms with Crippen molar-refractivity contribution in [1.29, 1.82) is 0 Å². The summed E-state index contributed by atoms with van der Waals surface area (Å²) in [5, 5.41) is 0. The number of carbonyl (C=O) groups is 5. The van der Waals surface area contributed by atoms with Gasteiger partial charge in [-0.05, 0) is 11.5 Å². The number of hydrogen-bond acceptors (Lipinski definition) is 12. The van der Waals surface area contributed by atoms with Crippen LogP contribution in [0.1, 0.15) is 13.8 Å². The third kappa shape index (κ3) is 12.5. The van der Waals surface area contributed by atoms with E-state index in [9.17, 15) is 24.0 Å². The lowest BCUT2D eigenvalue weighted by atomic mass is 10.0. The Morgan fingerprint density at radius 1 is 0.595 bits per heavy atom. The molecule has 0 aromatic heterocycles. The zero-order valence-corrected chi connectivity index (χ0v) is 22.5. The minimum atomic E-state index is -1.64. The maximum Gasteiger partial charge on any atom is 0.330 e. The van der Waals surface area contributed by atoms with Crippen LogP contribution in [0.15, 0.2) is 63.3 Å². The molecule has 0 bridgehead atoms. The van der Waals surface area contributed by atoms with E-state index < -0.39 is 65.5 Å². The van der Waals surface area contributed by atoms with Gasteiger partial charge < -0.3 is 23.7 Å². The first-order chi connectivity index (χ1) is 17.6. The van der Waals surface area contributed by atoms with Crippen LogP contribution in [0.25, 0.3) is 0 Å². The Hall–Kier alpha value is -3.25. The number of hydrogen-bond donors (Lipinski definition) is 0. The maximum atomic E-state index is 12.4. The van der Waals surface area contributed by atoms with Crippen LogP contribution in [-0.4, -0.2) is 77.0 Å². The van der Waals surface area contributed by atoms with Gasteiger partial charge in [0.05, 0.1) is 4.58 Å². The van der Waals surface area contributed by atoms with Gasteiger partial charge in [-0.1, -0.05) is 46.7 Å². The van der Waals surface area contributed by atoms with E-state index in [1.54, 1.807) is 0 Å². The van der Waals surface area contributed by atoms with Gasteiger partial charge in [0.15, 0.2) is 24.4 Å². The summed E-state index contributed by atoms with van der Waals surface area (Å²) in [6, 6.07) is 0. The van der Waals surface area contributed by atoms with Gasteiger partial charge >= 0.3 is 29.8 Å². The lowest BCUT2D eigenvalue weighted by Crippen LogP contribution is -2.55. The predicted molar refractivity (Wildman–Crippen MR) is 142 cm³/mol. The molecule has 37 heavy (non-hydrogen) atoms. The lowest BCUT2D eigenvalue weighted by molar-refractivity contribution is -0.197. The third-order valence-corrected chi connectivity index (χ3v) is 6.87. The molecule has 0 heterocycles. The Balaban J connectivity index is 7.00. The Morgan fingerprint density at radius 2 is 0.973 bits per heavy atom. The summed E-state index contributed by atoms with van der Waals surface area (Å²) >= 11 is 2.74. The van der Waals surface area contributed by atoms with Crippen LogP contribution in [-0.2, 0) is 47.7 Å². The number of ether oxygens (including phenoxy) is 5. The first-order valence-electron chi connectivity index (χ1n) is 11.0. The highest BCUT2D eigenvalue weighted by Crippen LogP contribution is 2.34. The maximum absolute atomic E-state index is 12.4. The molecule has 0 unspecified atom stereocenters. The molecule has 0 amide bonds. The molecule has 0 radical (unpaired) electrons. The summed E-state index contributed by atoms with van der Waals surface area (Å²) in [4.78, 5) is 60.9. The van der Waals surface area contributed by atoms with Gasteiger partial charge in [-0.25, -0.2) is 24.0 Å². The van der Waals surface area contributed by atoms with E-state index >= 15 is 0 Å². The van der Waals surface area contributed by atoms with E-state index in [-0.39, 0.29) is 0 Å². The average Bonchev–Trinajstić information content (AvgIpc) is 2.90. The van der Waals surface area contributed by atoms with Gasteiger partial charge in [-0.15, -0.1) is 23.5 Å². The Kier molecular flexibility index (Phi) is 17.3. The van der Waals surface area contributed by atoms with E-state index in [4.69, 9.17) is 23.7 Å². The van der Waals surface area contributed by atoms with Crippen molar-refractivity contribution in [3.05, 3.63) is 63.3 Å². The number of carbonyl (C=O) groups excluding carboxylic acids is 5. The van der Waals surface area contributed by atoms with Crippen molar-refractivity contribution in [2.24, 2.45) is 0 Å². The second kappa shape index (κ2) is 18.9. The van der Waals surface area contributed by atoms with Crippen LogP contribution in [0.4, 0.5) is 0 Å². The van der Waals surface area contributed by atoms with Crippen molar-refractivity contribution < 1.29 is 47.7 Å². The van der Waals surface area contributed by atoms with Gasteiger partial charge in [0, 0.05) is 30.4 Å². The molecule has 0 aliphatic carbocycles. The van der Waals surface area contributed by atoms with Crippen LogP contribution >= 0.6 is 23.5 Å². The molecule has 12 heteroatoms. The molecule has 0 aliphatic heterocycles. The van der Waals surface area contributed by atoms with E-state index in [0.29, 0.717) is 11.5 Å². The monoisotopic (exact) mass is 556 g/mol. The largest absolute Gasteiger partial charge is 0.458 e. The van der Waals surface area contributed by atoms with Crippen LogP contribution < -0.4 is 0 Å². The van der Waals surface area contributed by atoms with E-state index in [1.165, 1.54) is 23.5 Å². The standard InChI is InChI=1S/C25H32O10S2/c1-8-17(26)31-15-16(32-18(27)9-2)22(33-19(28)10-3)23(34-20(29)11-4)24(35-21(30)12-5)25(36-13-6)37-14-7/h8-12,16,22-25H,1-5,13-15H2,6-7H3/t16-,22-,23+,24-/m1/s1. The minimum Gasteiger partial charge on any atom is -0.458 e. The van der Waals surface area contributed by atoms with Crippen molar-refractivity contribution in [2.75, 3.05) is 18.1 Å². The first-order valence-corrected chi connectivity index (χ1v) is 13.1. The molecular weight excluding hydrogens is 524 g/mol. The smallest absolute Gasteiger partial charge is 0.330 e. The summed E-state index contributed by atoms with van der Waals surface area (Å²) < 4.78 is 26.4. The molecule has 4 atom stereocenters. The van der Waals surface area contributed by atoms with Gasteiger partial charge in [0.2, 0.25) is 0 Å². The zero-order valence-electron chi connectivity index (χ0n) is 20.8. The van der Waals surface area contributed by atoms with Crippen molar-refractivity contribution in [2.45, 2.75) is 42.8 Å². The summed E-state index contributed by atoms with van der Waals surface area (Å²) in [7, 11) is 0. The SMILES string of the molecule is C=CC(=O)OC[C@@H](OC(=O)C=C)[C@@H](OC(=O)C=C)[C@H](OC(=O)C=C)[C@@H](OC(=O)C=C)C(SCC)SCC. The highest BCUT2D eigenvalue weighted by Gasteiger charge is 2.47. The first kappa shape index (κ1) is 33.8. The van der Waals surface area contributed by atoms with Crippen LogP contribution in [0, 0.1) is 0 Å². The lowest BCUT2D eigenvalue weighted by Gasteiger charge is -2.37. The van der Waals surface area contributed by atoms with Crippen molar-refractivity contribution in [1.82, 2.24) is 0 Å². The normalized spacial score (nSPS) is 13.5. The molecular formula is C25H32O10S2. The summed E-state index contributed by atoms with van der Waals surface area (Å²) in [6.07, 6.45) is -1.71. The zero-order chi connectivity index (χ0) is 28.4. The van der Waals surface area contributed by atoms with E-state index in [0.717, 1.165) is 30.4 Å². The number of rotatable bonds is 19. The molecule has 0 rings (SSSR count). The average molecular weight is 557 g/mol. The number of esters is 5. The molecule has 0 spiro atoms. The Bertz CT molecular complexity index is 864. The minimum absolute atomic E-state index is 0.544. The summed E-state index contributed by atoms with van der Waals surface area (Å²) in [6.45, 7) is 19.8. The second-order valence-electron chi connectivity index (χ2n) is 6.61. The summed E-state index contributed by atoms with van der Waals surface area (Å²) in [5.41, 5.74) is 0. The fourth-order valence-corrected chi connectivity index (χ4v) is 5.34. The fraction of sp³-hybridized carbons (Fsp3) is 0.400. The van der Waals surface area contributed by atoms with E-state index in [2.05, 4.69) is 32.9 Å². The van der Waals surface area contributed by atoms with Crippen molar-refractivity contribution in [3.63, 3.8) is 0 Å². The van der Waals surface area contributed by atoms with Gasteiger partial charge in [0.1, 0.15) is 6.61 Å².